The van der Waals surface area contributed by atoms with Gasteiger partial charge in [0.2, 0.25) is 5.88 Å². The van der Waals surface area contributed by atoms with Gasteiger partial charge in [-0.05, 0) is 54.2 Å². The number of benzene rings is 3. The van der Waals surface area contributed by atoms with Gasteiger partial charge in [0.05, 0.1) is 5.41 Å². The van der Waals surface area contributed by atoms with E-state index in [-0.39, 0.29) is 0 Å². The molecule has 0 saturated heterocycles. The Kier molecular flexibility index (Phi) is 6.32. The Balaban J connectivity index is 1.36. The minimum Gasteiger partial charge on any atom is -0.481 e. The smallest absolute Gasteiger partial charge is 0.314 e. The molecule has 1 aliphatic rings. The highest BCUT2D eigenvalue weighted by atomic mass is 16.5. The van der Waals surface area contributed by atoms with E-state index >= 15 is 0 Å². The van der Waals surface area contributed by atoms with Gasteiger partial charge in [-0.1, -0.05) is 84.0 Å². The number of anilines is 2. The number of nitrogens with one attached hydrogen (secondary N) is 1. The zero-order chi connectivity index (χ0) is 26.8. The normalized spacial score (nSPS) is 13.6. The lowest BCUT2D eigenvalue weighted by molar-refractivity contribution is -0.140. The number of aromatic nitrogens is 2. The van der Waals surface area contributed by atoms with Gasteiger partial charge in [-0.25, -0.2) is 0 Å². The average molecular weight is 518 g/mol. The number of carbonyl (C=O) groups is 1. The van der Waals surface area contributed by atoms with E-state index in [0.717, 1.165) is 27.8 Å². The van der Waals surface area contributed by atoms with Crippen LogP contribution in [0.25, 0.3) is 22.5 Å². The summed E-state index contributed by atoms with van der Waals surface area (Å²) in [7, 11) is 0. The van der Waals surface area contributed by atoms with E-state index in [0.29, 0.717) is 48.3 Å². The highest BCUT2D eigenvalue weighted by Gasteiger charge is 2.52. The minimum atomic E-state index is -0.849. The number of hydrogen-bond acceptors (Lipinski definition) is 6. The first kappa shape index (κ1) is 24.4. The molecule has 39 heavy (non-hydrogen) atoms. The fraction of sp³-hybridized carbons (Fsp3) is 0.156. The first-order valence-electron chi connectivity index (χ1n) is 12.8. The Bertz CT molecular complexity index is 1630. The second-order valence-electron chi connectivity index (χ2n) is 9.75. The lowest BCUT2D eigenvalue weighted by Gasteiger charge is -2.16. The summed E-state index contributed by atoms with van der Waals surface area (Å²) >= 11 is 0. The predicted octanol–water partition coefficient (Wildman–Crippen LogP) is 7.15. The summed E-state index contributed by atoms with van der Waals surface area (Å²) in [6.45, 7) is 2.27. The number of hydrogen-bond donors (Lipinski definition) is 2. The zero-order valence-electron chi connectivity index (χ0n) is 21.4. The topological polar surface area (TPSA) is 97.5 Å². The molecule has 0 bridgehead atoms. The molecule has 5 aromatic rings. The monoisotopic (exact) mass is 517 g/mol. The molecule has 2 N–H and O–H groups in total. The molecule has 6 rings (SSSR count). The third kappa shape index (κ3) is 4.86. The number of pyridine rings is 1. The molecule has 0 unspecified atom stereocenters. The van der Waals surface area contributed by atoms with Crippen LogP contribution >= 0.6 is 0 Å². The minimum absolute atomic E-state index is 0.410. The molecule has 0 spiro atoms. The number of aryl methyl sites for hydroxylation is 1. The van der Waals surface area contributed by atoms with E-state index < -0.39 is 11.4 Å². The number of nitrogens with zero attached hydrogens (tertiary/aromatic N) is 2. The van der Waals surface area contributed by atoms with Gasteiger partial charge < -0.3 is 19.7 Å². The van der Waals surface area contributed by atoms with Crippen molar-refractivity contribution in [3.63, 3.8) is 0 Å². The van der Waals surface area contributed by atoms with Crippen LogP contribution in [0.1, 0.15) is 29.7 Å². The fourth-order valence-corrected chi connectivity index (χ4v) is 4.78. The van der Waals surface area contributed by atoms with Gasteiger partial charge in [0, 0.05) is 11.6 Å². The molecule has 1 saturated carbocycles. The fourth-order valence-electron chi connectivity index (χ4n) is 4.78. The lowest BCUT2D eigenvalue weighted by atomic mass is 9.89. The molecular weight excluding hydrogens is 490 g/mol. The molecule has 2 aromatic heterocycles. The predicted molar refractivity (Wildman–Crippen MR) is 149 cm³/mol. The van der Waals surface area contributed by atoms with Crippen molar-refractivity contribution in [2.75, 3.05) is 5.32 Å². The largest absolute Gasteiger partial charge is 0.481 e. The van der Waals surface area contributed by atoms with E-state index in [1.54, 1.807) is 0 Å². The van der Waals surface area contributed by atoms with Gasteiger partial charge in [-0.3, -0.25) is 4.79 Å². The van der Waals surface area contributed by atoms with Crippen molar-refractivity contribution in [2.24, 2.45) is 0 Å². The van der Waals surface area contributed by atoms with Crippen molar-refractivity contribution in [1.82, 2.24) is 10.1 Å². The summed E-state index contributed by atoms with van der Waals surface area (Å²) < 4.78 is 11.8. The molecule has 2 heterocycles. The lowest BCUT2D eigenvalue weighted by Crippen LogP contribution is -2.19. The molecule has 194 valence electrons. The van der Waals surface area contributed by atoms with Crippen molar-refractivity contribution in [3.05, 3.63) is 114 Å². The summed E-state index contributed by atoms with van der Waals surface area (Å²) in [5, 5.41) is 17.6. The van der Waals surface area contributed by atoms with Gasteiger partial charge >= 0.3 is 5.97 Å². The highest BCUT2D eigenvalue weighted by molar-refractivity contribution is 5.91. The van der Waals surface area contributed by atoms with Crippen LogP contribution in [-0.4, -0.2) is 21.2 Å². The number of carboxylic acid groups (broad SMARTS) is 1. The van der Waals surface area contributed by atoms with E-state index in [9.17, 15) is 9.90 Å². The van der Waals surface area contributed by atoms with Crippen molar-refractivity contribution < 1.29 is 19.2 Å². The maximum Gasteiger partial charge on any atom is 0.314 e. The maximum absolute atomic E-state index is 12.1. The van der Waals surface area contributed by atoms with Crippen molar-refractivity contribution in [1.29, 1.82) is 0 Å². The Labute approximate surface area is 226 Å². The van der Waals surface area contributed by atoms with Crippen molar-refractivity contribution in [2.45, 2.75) is 31.8 Å². The summed E-state index contributed by atoms with van der Waals surface area (Å²) in [5.41, 5.74) is 4.98. The second kappa shape index (κ2) is 10.1. The zero-order valence-corrected chi connectivity index (χ0v) is 21.4. The van der Waals surface area contributed by atoms with E-state index in [2.05, 4.69) is 15.5 Å². The maximum atomic E-state index is 12.1. The number of carboxylic acids is 1. The molecule has 0 aliphatic heterocycles. The standard InChI is InChI=1S/C32H27N3O4/c1-21-29(34-27-13-8-14-28(33-27)38-20-22-9-4-2-5-10-22)30(39-35-21)26-19-24(32(17-18-32)31(36)37)15-16-25(26)23-11-6-3-7-12-23/h2-16,19H,17-18,20H2,1H3,(H,33,34)(H,36,37). The summed E-state index contributed by atoms with van der Waals surface area (Å²) in [6, 6.07) is 31.2. The average Bonchev–Trinajstić information content (AvgIpc) is 3.72. The first-order valence-corrected chi connectivity index (χ1v) is 12.8. The molecule has 7 nitrogen and oxygen atoms in total. The Morgan fingerprint density at radius 3 is 2.41 bits per heavy atom. The summed E-state index contributed by atoms with van der Waals surface area (Å²) in [6.07, 6.45) is 1.24. The first-order chi connectivity index (χ1) is 19.0. The van der Waals surface area contributed by atoms with Crippen molar-refractivity contribution in [3.8, 4) is 28.3 Å². The Morgan fingerprint density at radius 1 is 0.949 bits per heavy atom. The molecule has 1 aliphatic carbocycles. The van der Waals surface area contributed by atoms with Gasteiger partial charge in [-0.2, -0.15) is 4.98 Å². The van der Waals surface area contributed by atoms with Crippen LogP contribution in [0.4, 0.5) is 11.5 Å². The number of rotatable bonds is 9. The highest BCUT2D eigenvalue weighted by Crippen LogP contribution is 2.50. The molecule has 3 aromatic carbocycles. The number of aliphatic carboxylic acids is 1. The molecular formula is C32H27N3O4. The van der Waals surface area contributed by atoms with Gasteiger partial charge in [0.25, 0.3) is 0 Å². The Morgan fingerprint density at radius 2 is 1.69 bits per heavy atom. The second-order valence-corrected chi connectivity index (χ2v) is 9.75. The third-order valence-corrected chi connectivity index (χ3v) is 7.13. The molecule has 1 fully saturated rings. The van der Waals surface area contributed by atoms with E-state index in [4.69, 9.17) is 9.26 Å². The quantitative estimate of drug-likeness (QED) is 0.214. The van der Waals surface area contributed by atoms with Crippen LogP contribution in [-0.2, 0) is 16.8 Å². The number of ether oxygens (including phenoxy) is 1. The van der Waals surface area contributed by atoms with Crippen LogP contribution < -0.4 is 10.1 Å². The molecule has 0 amide bonds. The molecule has 0 atom stereocenters. The SMILES string of the molecule is Cc1noc(-c2cc(C3(C(=O)O)CC3)ccc2-c2ccccc2)c1Nc1cccc(OCc2ccccc2)n1. The Hall–Kier alpha value is -4.91. The van der Waals surface area contributed by atoms with Crippen molar-refractivity contribution >= 4 is 17.5 Å². The molecule has 0 radical (unpaired) electrons. The van der Waals surface area contributed by atoms with E-state index in [1.165, 1.54) is 0 Å². The van der Waals surface area contributed by atoms with Gasteiger partial charge in [0.15, 0.2) is 5.76 Å². The summed E-state index contributed by atoms with van der Waals surface area (Å²) in [4.78, 5) is 16.7. The van der Waals surface area contributed by atoms with Crippen LogP contribution in [0.15, 0.2) is 102 Å². The van der Waals surface area contributed by atoms with E-state index in [1.807, 2.05) is 104 Å². The van der Waals surface area contributed by atoms with Crippen LogP contribution in [0.5, 0.6) is 5.88 Å². The third-order valence-electron chi connectivity index (χ3n) is 7.13. The van der Waals surface area contributed by atoms with Crippen LogP contribution in [0, 0.1) is 6.92 Å². The molecule has 7 heteroatoms. The van der Waals surface area contributed by atoms with Gasteiger partial charge in [0.1, 0.15) is 23.8 Å². The summed E-state index contributed by atoms with van der Waals surface area (Å²) in [5.74, 6) is 0.787. The van der Waals surface area contributed by atoms with Crippen LogP contribution in [0.3, 0.4) is 0 Å². The van der Waals surface area contributed by atoms with Crippen LogP contribution in [0.2, 0.25) is 0 Å². The van der Waals surface area contributed by atoms with Gasteiger partial charge in [-0.15, -0.1) is 0 Å².